The van der Waals surface area contributed by atoms with Crippen LogP contribution in [-0.4, -0.2) is 73.4 Å². The fraction of sp³-hybridized carbons (Fsp3) is 0.870. The highest BCUT2D eigenvalue weighted by atomic mass is 31.2. The van der Waals surface area contributed by atoms with E-state index >= 15 is 0 Å². The van der Waals surface area contributed by atoms with Gasteiger partial charge in [0.15, 0.2) is 0 Å². The molecule has 0 rings (SSSR count). The van der Waals surface area contributed by atoms with Crippen molar-refractivity contribution in [3.05, 3.63) is 36.5 Å². The molecule has 3 unspecified atom stereocenters. The third-order valence-corrected chi connectivity index (χ3v) is 13.1. The van der Waals surface area contributed by atoms with Gasteiger partial charge in [-0.1, -0.05) is 224 Å². The van der Waals surface area contributed by atoms with E-state index in [9.17, 15) is 19.4 Å². The van der Waals surface area contributed by atoms with Crippen molar-refractivity contribution in [2.75, 3.05) is 40.9 Å². The standard InChI is InChI=1S/C54H105N2O6P/c1-6-8-10-12-14-16-18-20-22-24-26-27-28-30-32-34-36-38-40-42-44-46-48-54(58)55-52(51-62-63(59,60)61-50-49-56(3,4)5)53(57)47-45-43-41-39-37-35-33-31-29-25-23-21-19-17-15-13-11-9-7-2/h28,30,37,39,45,47,52-53,57H,6-27,29,31-36,38,40-44,46,48-51H2,1-5H3,(H-,55,58,59,60)/p+1/b30-28-,39-37+,47-45+. The number of quaternary nitrogens is 1. The second-order valence-corrected chi connectivity index (χ2v) is 21.0. The average molecular weight is 910 g/mol. The minimum atomic E-state index is -4.35. The van der Waals surface area contributed by atoms with Crippen LogP contribution in [0.1, 0.15) is 251 Å². The normalized spacial score (nSPS) is 14.3. The number of aliphatic hydroxyl groups is 1. The van der Waals surface area contributed by atoms with Crippen molar-refractivity contribution in [2.45, 2.75) is 264 Å². The first-order valence-electron chi connectivity index (χ1n) is 26.9. The maximum Gasteiger partial charge on any atom is 0.472 e. The van der Waals surface area contributed by atoms with E-state index in [1.807, 2.05) is 27.2 Å². The molecule has 0 aromatic heterocycles. The van der Waals surface area contributed by atoms with Crippen LogP contribution in [0.15, 0.2) is 36.5 Å². The summed E-state index contributed by atoms with van der Waals surface area (Å²) in [6.45, 7) is 4.82. The van der Waals surface area contributed by atoms with Crippen molar-refractivity contribution in [1.82, 2.24) is 5.32 Å². The van der Waals surface area contributed by atoms with Crippen molar-refractivity contribution in [3.8, 4) is 0 Å². The van der Waals surface area contributed by atoms with Gasteiger partial charge >= 0.3 is 7.82 Å². The molecule has 8 nitrogen and oxygen atoms in total. The van der Waals surface area contributed by atoms with Gasteiger partial charge in [-0.15, -0.1) is 0 Å². The average Bonchev–Trinajstić information content (AvgIpc) is 3.24. The molecule has 1 amide bonds. The molecule has 0 radical (unpaired) electrons. The quantitative estimate of drug-likeness (QED) is 0.0243. The molecule has 0 saturated heterocycles. The number of hydrogen-bond donors (Lipinski definition) is 3. The van der Waals surface area contributed by atoms with E-state index in [4.69, 9.17) is 9.05 Å². The molecule has 63 heavy (non-hydrogen) atoms. The summed E-state index contributed by atoms with van der Waals surface area (Å²) in [5.41, 5.74) is 0. The molecule has 0 aliphatic rings. The van der Waals surface area contributed by atoms with Gasteiger partial charge in [0.05, 0.1) is 39.9 Å². The molecule has 0 fully saturated rings. The molecule has 0 aliphatic heterocycles. The van der Waals surface area contributed by atoms with Crippen LogP contribution in [0.5, 0.6) is 0 Å². The molecule has 0 saturated carbocycles. The monoisotopic (exact) mass is 910 g/mol. The summed E-state index contributed by atoms with van der Waals surface area (Å²) in [7, 11) is 1.56. The van der Waals surface area contributed by atoms with Gasteiger partial charge in [0.2, 0.25) is 5.91 Å². The van der Waals surface area contributed by atoms with E-state index < -0.39 is 20.0 Å². The summed E-state index contributed by atoms with van der Waals surface area (Å²) in [6, 6.07) is -0.865. The van der Waals surface area contributed by atoms with Gasteiger partial charge in [-0.3, -0.25) is 13.8 Å². The smallest absolute Gasteiger partial charge is 0.387 e. The molecule has 0 aliphatic carbocycles. The Labute approximate surface area is 391 Å². The Balaban J connectivity index is 4.31. The first kappa shape index (κ1) is 61.7. The number of nitrogens with one attached hydrogen (secondary N) is 1. The van der Waals surface area contributed by atoms with Crippen LogP contribution >= 0.6 is 7.82 Å². The Hall–Kier alpha value is -1.28. The Morgan fingerprint density at radius 1 is 0.524 bits per heavy atom. The number of rotatable bonds is 49. The van der Waals surface area contributed by atoms with Crippen molar-refractivity contribution < 1.29 is 32.9 Å². The second-order valence-electron chi connectivity index (χ2n) is 19.6. The van der Waals surface area contributed by atoms with Crippen molar-refractivity contribution in [3.63, 3.8) is 0 Å². The summed E-state index contributed by atoms with van der Waals surface area (Å²) in [6.07, 6.45) is 58.1. The summed E-state index contributed by atoms with van der Waals surface area (Å²) < 4.78 is 23.6. The number of amides is 1. The maximum absolute atomic E-state index is 12.9. The molecule has 0 aromatic rings. The number of carbonyl (C=O) groups excluding carboxylic acids is 1. The Bertz CT molecular complexity index is 1120. The number of phosphoric ester groups is 1. The lowest BCUT2D eigenvalue weighted by Gasteiger charge is -2.25. The summed E-state index contributed by atoms with van der Waals surface area (Å²) in [5, 5.41) is 13.9. The van der Waals surface area contributed by atoms with Gasteiger partial charge < -0.3 is 19.8 Å². The molecular formula is C54H106N2O6P+. The highest BCUT2D eigenvalue weighted by molar-refractivity contribution is 7.47. The van der Waals surface area contributed by atoms with E-state index in [1.165, 1.54) is 193 Å². The van der Waals surface area contributed by atoms with Crippen molar-refractivity contribution >= 4 is 13.7 Å². The highest BCUT2D eigenvalue weighted by Crippen LogP contribution is 2.43. The molecule has 0 spiro atoms. The number of unbranched alkanes of at least 4 members (excludes halogenated alkanes) is 32. The van der Waals surface area contributed by atoms with Gasteiger partial charge in [0.25, 0.3) is 0 Å². The molecule has 0 heterocycles. The fourth-order valence-corrected chi connectivity index (χ4v) is 8.55. The van der Waals surface area contributed by atoms with Gasteiger partial charge in [0, 0.05) is 6.42 Å². The van der Waals surface area contributed by atoms with Gasteiger partial charge in [0.1, 0.15) is 13.2 Å². The van der Waals surface area contributed by atoms with Crippen LogP contribution in [0.4, 0.5) is 0 Å². The first-order chi connectivity index (χ1) is 30.5. The van der Waals surface area contributed by atoms with Crippen LogP contribution in [0.25, 0.3) is 0 Å². The topological polar surface area (TPSA) is 105 Å². The number of phosphoric acid groups is 1. The van der Waals surface area contributed by atoms with Gasteiger partial charge in [-0.2, -0.15) is 0 Å². The number of hydrogen-bond acceptors (Lipinski definition) is 5. The maximum atomic E-state index is 12.9. The lowest BCUT2D eigenvalue weighted by molar-refractivity contribution is -0.870. The Kier molecular flexibility index (Phi) is 44.9. The second kappa shape index (κ2) is 45.9. The first-order valence-corrected chi connectivity index (χ1v) is 28.4. The third-order valence-electron chi connectivity index (χ3n) is 12.1. The summed E-state index contributed by atoms with van der Waals surface area (Å²) in [4.78, 5) is 23.2. The summed E-state index contributed by atoms with van der Waals surface area (Å²) >= 11 is 0. The zero-order valence-electron chi connectivity index (χ0n) is 42.3. The minimum Gasteiger partial charge on any atom is -0.387 e. The molecular weight excluding hydrogens is 804 g/mol. The van der Waals surface area contributed by atoms with E-state index in [0.717, 1.165) is 38.5 Å². The van der Waals surface area contributed by atoms with E-state index in [-0.39, 0.29) is 19.1 Å². The highest BCUT2D eigenvalue weighted by Gasteiger charge is 2.27. The third kappa shape index (κ3) is 48.5. The fourth-order valence-electron chi connectivity index (χ4n) is 7.82. The summed E-state index contributed by atoms with van der Waals surface area (Å²) in [5.74, 6) is -0.189. The Morgan fingerprint density at radius 2 is 0.873 bits per heavy atom. The van der Waals surface area contributed by atoms with E-state index in [1.54, 1.807) is 6.08 Å². The number of carbonyl (C=O) groups is 1. The van der Waals surface area contributed by atoms with Crippen LogP contribution in [0, 0.1) is 0 Å². The SMILES string of the molecule is CCCCCCCCCCCCC/C=C\CCCCCCCCCC(=O)NC(COP(=O)(O)OCC[N+](C)(C)C)C(O)/C=C/CC/C=C/CCCCCCCCCCCCCCC. The van der Waals surface area contributed by atoms with Crippen LogP contribution in [-0.2, 0) is 18.4 Å². The van der Waals surface area contributed by atoms with Gasteiger partial charge in [-0.25, -0.2) is 4.57 Å². The zero-order chi connectivity index (χ0) is 46.4. The molecule has 0 aromatic carbocycles. The predicted octanol–water partition coefficient (Wildman–Crippen LogP) is 15.8. The lowest BCUT2D eigenvalue weighted by atomic mass is 10.0. The number of allylic oxidation sites excluding steroid dienone is 5. The van der Waals surface area contributed by atoms with E-state index in [2.05, 4.69) is 43.5 Å². The van der Waals surface area contributed by atoms with Crippen LogP contribution < -0.4 is 5.32 Å². The molecule has 9 heteroatoms. The molecule has 3 N–H and O–H groups in total. The minimum absolute atomic E-state index is 0.0557. The zero-order valence-corrected chi connectivity index (χ0v) is 43.2. The molecule has 372 valence electrons. The number of nitrogens with zero attached hydrogens (tertiary/aromatic N) is 1. The lowest BCUT2D eigenvalue weighted by Crippen LogP contribution is -2.45. The van der Waals surface area contributed by atoms with Crippen LogP contribution in [0.3, 0.4) is 0 Å². The van der Waals surface area contributed by atoms with Crippen molar-refractivity contribution in [1.29, 1.82) is 0 Å². The number of aliphatic hydroxyl groups excluding tert-OH is 1. The number of likely N-dealkylation sites (N-methyl/N-ethyl adjacent to an activating group) is 1. The van der Waals surface area contributed by atoms with Crippen LogP contribution in [0.2, 0.25) is 0 Å². The van der Waals surface area contributed by atoms with Gasteiger partial charge in [-0.05, 0) is 57.8 Å². The molecule has 3 atom stereocenters. The van der Waals surface area contributed by atoms with Crippen molar-refractivity contribution in [2.24, 2.45) is 0 Å². The largest absolute Gasteiger partial charge is 0.472 e. The predicted molar refractivity (Wildman–Crippen MR) is 272 cm³/mol. The molecule has 0 bridgehead atoms. The Morgan fingerprint density at radius 3 is 1.27 bits per heavy atom. The van der Waals surface area contributed by atoms with E-state index in [0.29, 0.717) is 17.4 Å².